The monoisotopic (exact) mass is 618 g/mol. The fourth-order valence-electron chi connectivity index (χ4n) is 4.11. The summed E-state index contributed by atoms with van der Waals surface area (Å²) in [6.07, 6.45) is 22.3. The molecule has 0 saturated heterocycles. The molecular formula is C26H50O4S6. The highest BCUT2D eigenvalue weighted by Crippen LogP contribution is 2.32. The molecule has 0 aliphatic carbocycles. The van der Waals surface area contributed by atoms with Crippen molar-refractivity contribution in [3.8, 4) is 0 Å². The van der Waals surface area contributed by atoms with Crippen molar-refractivity contribution in [2.24, 2.45) is 0 Å². The zero-order chi connectivity index (χ0) is 27.0. The van der Waals surface area contributed by atoms with E-state index < -0.39 is 31.9 Å². The summed E-state index contributed by atoms with van der Waals surface area (Å²) in [6, 6.07) is 0. The molecule has 214 valence electrons. The molecule has 0 aromatic heterocycles. The minimum Gasteiger partial charge on any atom is -0.231 e. The summed E-state index contributed by atoms with van der Waals surface area (Å²) in [6.45, 7) is 4.43. The van der Waals surface area contributed by atoms with Crippen molar-refractivity contribution in [2.75, 3.05) is 0 Å². The minimum atomic E-state index is -2.66. The van der Waals surface area contributed by atoms with Crippen molar-refractivity contribution in [3.05, 3.63) is 0 Å². The third-order valence-electron chi connectivity index (χ3n) is 6.42. The lowest BCUT2D eigenvalue weighted by atomic mass is 10.1. The summed E-state index contributed by atoms with van der Waals surface area (Å²) >= 11 is 10.8. The maximum absolute atomic E-state index is 11.8. The normalized spacial score (nSPS) is 13.3. The van der Waals surface area contributed by atoms with Gasteiger partial charge in [0.05, 0.1) is 8.39 Å². The van der Waals surface area contributed by atoms with Crippen LogP contribution in [0.3, 0.4) is 0 Å². The molecule has 0 amide bonds. The van der Waals surface area contributed by atoms with Gasteiger partial charge in [0.1, 0.15) is 31.9 Å². The first kappa shape index (κ1) is 36.8. The summed E-state index contributed by atoms with van der Waals surface area (Å²) in [5, 5.41) is -1.31. The number of unbranched alkanes of at least 4 members (excludes halogenated alkanes) is 16. The third-order valence-corrected chi connectivity index (χ3v) is 13.2. The van der Waals surface area contributed by atoms with E-state index in [0.29, 0.717) is 21.2 Å². The van der Waals surface area contributed by atoms with Gasteiger partial charge in [-0.2, -0.15) is 0 Å². The molecule has 2 unspecified atom stereocenters. The highest BCUT2D eigenvalue weighted by molar-refractivity contribution is 8.89. The molecule has 0 aromatic carbocycles. The van der Waals surface area contributed by atoms with Crippen LogP contribution in [0.5, 0.6) is 0 Å². The molecule has 0 radical (unpaired) electrons. The van der Waals surface area contributed by atoms with Crippen LogP contribution in [0.2, 0.25) is 0 Å². The van der Waals surface area contributed by atoms with Crippen LogP contribution in [0.1, 0.15) is 142 Å². The summed E-state index contributed by atoms with van der Waals surface area (Å²) in [5.41, 5.74) is 0. The minimum absolute atomic E-state index is 0.390. The zero-order valence-electron chi connectivity index (χ0n) is 22.5. The second kappa shape index (κ2) is 26.0. The van der Waals surface area contributed by atoms with Gasteiger partial charge in [0.2, 0.25) is 0 Å². The van der Waals surface area contributed by atoms with Crippen LogP contribution in [-0.2, 0) is 21.4 Å². The van der Waals surface area contributed by atoms with Gasteiger partial charge in [-0.25, -0.2) is 16.8 Å². The van der Waals surface area contributed by atoms with Crippen molar-refractivity contribution in [2.45, 2.75) is 153 Å². The molecule has 0 saturated carbocycles. The Labute approximate surface area is 244 Å². The molecule has 0 fully saturated rings. The number of hydrogen-bond acceptors (Lipinski definition) is 8. The van der Waals surface area contributed by atoms with Gasteiger partial charge in [-0.05, 0) is 34.4 Å². The van der Waals surface area contributed by atoms with E-state index in [9.17, 15) is 16.8 Å². The first-order valence-corrected chi connectivity index (χ1v) is 19.5. The van der Waals surface area contributed by atoms with Gasteiger partial charge in [0.25, 0.3) is 0 Å². The average Bonchev–Trinajstić information content (AvgIpc) is 2.84. The second-order valence-corrected chi connectivity index (χ2v) is 15.6. The van der Waals surface area contributed by atoms with Crippen LogP contribution >= 0.6 is 46.0 Å². The summed E-state index contributed by atoms with van der Waals surface area (Å²) in [4.78, 5) is 0. The summed E-state index contributed by atoms with van der Waals surface area (Å²) in [5.74, 6) is 0. The molecule has 10 heteroatoms. The Morgan fingerprint density at radius 1 is 0.500 bits per heavy atom. The van der Waals surface area contributed by atoms with Crippen LogP contribution in [0.15, 0.2) is 0 Å². The Bertz CT molecular complexity index is 645. The van der Waals surface area contributed by atoms with E-state index in [1.54, 1.807) is 0 Å². The first-order valence-electron chi connectivity index (χ1n) is 14.0. The Balaban J connectivity index is 4.24. The SMILES string of the molecule is CCCCCCCCCCCC(C(=S)SSC(=S)C(CCCCCCCCCCC)[SH](=O)=O)[SH](=O)=O. The molecule has 0 aliphatic heterocycles. The molecule has 0 N–H and O–H groups in total. The first-order chi connectivity index (χ1) is 17.3. The van der Waals surface area contributed by atoms with E-state index in [2.05, 4.69) is 13.8 Å². The fourth-order valence-corrected chi connectivity index (χ4v) is 9.68. The van der Waals surface area contributed by atoms with Gasteiger partial charge < -0.3 is 0 Å². The van der Waals surface area contributed by atoms with E-state index >= 15 is 0 Å². The molecule has 0 heterocycles. The van der Waals surface area contributed by atoms with Crippen LogP contribution in [0.25, 0.3) is 0 Å². The molecular weight excluding hydrogens is 569 g/mol. The zero-order valence-corrected chi connectivity index (χ0v) is 27.5. The van der Waals surface area contributed by atoms with Gasteiger partial charge >= 0.3 is 0 Å². The van der Waals surface area contributed by atoms with Gasteiger partial charge in [-0.3, -0.25) is 0 Å². The van der Waals surface area contributed by atoms with Crippen LogP contribution in [-0.4, -0.2) is 35.7 Å². The van der Waals surface area contributed by atoms with E-state index in [0.717, 1.165) is 60.1 Å². The van der Waals surface area contributed by atoms with Crippen molar-refractivity contribution >= 4 is 75.8 Å². The Morgan fingerprint density at radius 2 is 0.750 bits per heavy atom. The van der Waals surface area contributed by atoms with E-state index in [1.807, 2.05) is 0 Å². The second-order valence-electron chi connectivity index (χ2n) is 9.64. The Morgan fingerprint density at radius 3 is 1.00 bits per heavy atom. The highest BCUT2D eigenvalue weighted by atomic mass is 33.1. The molecule has 2 atom stereocenters. The molecule has 0 spiro atoms. The molecule has 0 rings (SSSR count). The Hall–Kier alpha value is 0.780. The van der Waals surface area contributed by atoms with E-state index in [-0.39, 0.29) is 0 Å². The number of thiol groups is 2. The predicted octanol–water partition coefficient (Wildman–Crippen LogP) is 8.82. The summed E-state index contributed by atoms with van der Waals surface area (Å²) in [7, 11) is -2.99. The van der Waals surface area contributed by atoms with Crippen LogP contribution in [0.4, 0.5) is 0 Å². The highest BCUT2D eigenvalue weighted by Gasteiger charge is 2.23. The van der Waals surface area contributed by atoms with Crippen molar-refractivity contribution < 1.29 is 16.8 Å². The summed E-state index contributed by atoms with van der Waals surface area (Å²) < 4.78 is 48.0. The van der Waals surface area contributed by atoms with Gasteiger partial charge in [-0.1, -0.05) is 154 Å². The van der Waals surface area contributed by atoms with E-state index in [1.165, 1.54) is 77.0 Å². The standard InChI is InChI=1S/C26H50O4S6/c1-3-5-7-9-11-13-15-17-19-21-23(35(27)28)25(31)33-34-26(32)24(36(29)30)22-20-18-16-14-12-10-8-6-4-2/h23-24,35-36H,3-22H2,1-2H3. The molecule has 0 aliphatic rings. The number of thiocarbonyl (C=S) groups is 2. The fraction of sp³-hybridized carbons (Fsp3) is 0.923. The topological polar surface area (TPSA) is 68.3 Å². The van der Waals surface area contributed by atoms with Gasteiger partial charge in [0.15, 0.2) is 0 Å². The van der Waals surface area contributed by atoms with Crippen LogP contribution in [0, 0.1) is 0 Å². The molecule has 0 bridgehead atoms. The maximum Gasteiger partial charge on any atom is 0.148 e. The lowest BCUT2D eigenvalue weighted by molar-refractivity contribution is 0.556. The molecule has 0 aromatic rings. The van der Waals surface area contributed by atoms with E-state index in [4.69, 9.17) is 24.4 Å². The Kier molecular flexibility index (Phi) is 26.6. The van der Waals surface area contributed by atoms with Crippen molar-refractivity contribution in [1.29, 1.82) is 0 Å². The number of rotatable bonds is 24. The average molecular weight is 619 g/mol. The van der Waals surface area contributed by atoms with Crippen LogP contribution < -0.4 is 0 Å². The quantitative estimate of drug-likeness (QED) is 0.0481. The smallest absolute Gasteiger partial charge is 0.148 e. The van der Waals surface area contributed by atoms with Crippen molar-refractivity contribution in [3.63, 3.8) is 0 Å². The largest absolute Gasteiger partial charge is 0.231 e. The lowest BCUT2D eigenvalue weighted by Gasteiger charge is -2.14. The third kappa shape index (κ3) is 20.7. The lowest BCUT2D eigenvalue weighted by Crippen LogP contribution is -2.20. The van der Waals surface area contributed by atoms with Gasteiger partial charge in [-0.15, -0.1) is 0 Å². The predicted molar refractivity (Wildman–Crippen MR) is 172 cm³/mol. The number of hydrogen-bond donors (Lipinski definition) is 2. The maximum atomic E-state index is 11.8. The van der Waals surface area contributed by atoms with Crippen molar-refractivity contribution in [1.82, 2.24) is 0 Å². The molecule has 36 heavy (non-hydrogen) atoms. The van der Waals surface area contributed by atoms with Gasteiger partial charge in [0, 0.05) is 0 Å². The molecule has 4 nitrogen and oxygen atoms in total.